The lowest BCUT2D eigenvalue weighted by Gasteiger charge is -2.43. The Morgan fingerprint density at radius 3 is 2.59 bits per heavy atom. The molecule has 1 aromatic heterocycles. The van der Waals surface area contributed by atoms with Gasteiger partial charge in [-0.3, -0.25) is 4.90 Å². The van der Waals surface area contributed by atoms with E-state index >= 15 is 0 Å². The van der Waals surface area contributed by atoms with Crippen molar-refractivity contribution in [3.63, 3.8) is 0 Å². The van der Waals surface area contributed by atoms with Crippen LogP contribution in [0.25, 0.3) is 0 Å². The Kier molecular flexibility index (Phi) is 2.86. The van der Waals surface area contributed by atoms with E-state index in [9.17, 15) is 0 Å². The highest BCUT2D eigenvalue weighted by Crippen LogP contribution is 2.22. The maximum absolute atomic E-state index is 5.90. The lowest BCUT2D eigenvalue weighted by Crippen LogP contribution is -2.56. The highest BCUT2D eigenvalue weighted by atomic mass is 16.5. The van der Waals surface area contributed by atoms with Crippen molar-refractivity contribution in [2.45, 2.75) is 6.04 Å². The molecule has 92 valence electrons. The average Bonchev–Trinajstić information content (AvgIpc) is 2.29. The Balaban J connectivity index is 1.63. The molecule has 2 fully saturated rings. The zero-order valence-corrected chi connectivity index (χ0v) is 9.88. The first-order valence-corrected chi connectivity index (χ1v) is 6.12. The third-order valence-electron chi connectivity index (χ3n) is 3.61. The van der Waals surface area contributed by atoms with Gasteiger partial charge in [-0.15, -0.1) is 0 Å². The van der Waals surface area contributed by atoms with Crippen molar-refractivity contribution in [1.29, 1.82) is 0 Å². The number of rotatable bonds is 2. The zero-order chi connectivity index (χ0) is 11.7. The third-order valence-corrected chi connectivity index (χ3v) is 3.61. The molecule has 0 saturated carbocycles. The van der Waals surface area contributed by atoms with Crippen molar-refractivity contribution >= 4 is 11.5 Å². The summed E-state index contributed by atoms with van der Waals surface area (Å²) in [7, 11) is 0. The number of aromatic nitrogens is 1. The largest absolute Gasteiger partial charge is 0.382 e. The number of hydrogen-bond acceptors (Lipinski definition) is 5. The van der Waals surface area contributed by atoms with E-state index in [4.69, 9.17) is 10.5 Å². The molecule has 5 nitrogen and oxygen atoms in total. The molecule has 0 aromatic carbocycles. The van der Waals surface area contributed by atoms with Crippen molar-refractivity contribution in [1.82, 2.24) is 9.88 Å². The predicted molar refractivity (Wildman–Crippen MR) is 67.0 cm³/mol. The molecule has 2 aliphatic rings. The van der Waals surface area contributed by atoms with Gasteiger partial charge in [-0.25, -0.2) is 4.98 Å². The molecule has 0 radical (unpaired) electrons. The maximum atomic E-state index is 5.90. The van der Waals surface area contributed by atoms with Crippen LogP contribution in [0.1, 0.15) is 0 Å². The van der Waals surface area contributed by atoms with E-state index in [-0.39, 0.29) is 0 Å². The van der Waals surface area contributed by atoms with Gasteiger partial charge in [-0.05, 0) is 12.1 Å². The minimum atomic E-state index is 0.632. The quantitative estimate of drug-likeness (QED) is 0.791. The molecule has 2 saturated heterocycles. The second kappa shape index (κ2) is 4.50. The summed E-state index contributed by atoms with van der Waals surface area (Å²) in [6.07, 6.45) is 1.74. The second-order valence-electron chi connectivity index (χ2n) is 4.62. The van der Waals surface area contributed by atoms with E-state index in [1.165, 1.54) is 0 Å². The summed E-state index contributed by atoms with van der Waals surface area (Å²) in [5.74, 6) is 0.632. The molecule has 0 atom stereocenters. The molecule has 0 unspecified atom stereocenters. The fraction of sp³-hybridized carbons (Fsp3) is 0.583. The smallest absolute Gasteiger partial charge is 0.146 e. The first kappa shape index (κ1) is 10.8. The fourth-order valence-corrected chi connectivity index (χ4v) is 2.44. The Bertz CT molecular complexity index is 386. The molecular weight excluding hydrogens is 216 g/mol. The van der Waals surface area contributed by atoms with Crippen LogP contribution in [0.5, 0.6) is 0 Å². The van der Waals surface area contributed by atoms with Gasteiger partial charge in [0.25, 0.3) is 0 Å². The van der Waals surface area contributed by atoms with E-state index in [0.717, 1.165) is 45.1 Å². The van der Waals surface area contributed by atoms with E-state index in [1.807, 2.05) is 12.1 Å². The van der Waals surface area contributed by atoms with Crippen molar-refractivity contribution in [3.05, 3.63) is 18.3 Å². The van der Waals surface area contributed by atoms with Crippen LogP contribution in [0.3, 0.4) is 0 Å². The van der Waals surface area contributed by atoms with E-state index in [2.05, 4.69) is 14.8 Å². The van der Waals surface area contributed by atoms with Crippen molar-refractivity contribution in [2.75, 3.05) is 50.0 Å². The molecule has 17 heavy (non-hydrogen) atoms. The molecule has 3 heterocycles. The van der Waals surface area contributed by atoms with Crippen molar-refractivity contribution in [2.24, 2.45) is 0 Å². The average molecular weight is 234 g/mol. The number of anilines is 2. The monoisotopic (exact) mass is 234 g/mol. The Morgan fingerprint density at radius 2 is 2.00 bits per heavy atom. The van der Waals surface area contributed by atoms with Gasteiger partial charge in [-0.1, -0.05) is 0 Å². The summed E-state index contributed by atoms with van der Waals surface area (Å²) in [4.78, 5) is 8.96. The van der Waals surface area contributed by atoms with Crippen LogP contribution < -0.4 is 10.6 Å². The van der Waals surface area contributed by atoms with Gasteiger partial charge in [0.1, 0.15) is 5.82 Å². The molecule has 2 aliphatic heterocycles. The van der Waals surface area contributed by atoms with Crippen LogP contribution in [-0.4, -0.2) is 55.3 Å². The number of nitrogen functional groups attached to an aromatic ring is 1. The molecular formula is C12H18N4O. The number of ether oxygens (including phenoxy) is 1. The van der Waals surface area contributed by atoms with Gasteiger partial charge in [0, 0.05) is 32.4 Å². The number of pyridine rings is 1. The third kappa shape index (κ3) is 2.08. The van der Waals surface area contributed by atoms with Crippen molar-refractivity contribution < 1.29 is 4.74 Å². The number of nitrogens with two attached hydrogens (primary N) is 1. The molecule has 0 amide bonds. The molecule has 0 aliphatic carbocycles. The number of hydrogen-bond donors (Lipinski definition) is 1. The maximum Gasteiger partial charge on any atom is 0.146 e. The van der Waals surface area contributed by atoms with Gasteiger partial charge in [0.05, 0.1) is 24.9 Å². The predicted octanol–water partition coefficient (Wildman–Crippen LogP) is 0.185. The second-order valence-corrected chi connectivity index (χ2v) is 4.62. The Morgan fingerprint density at radius 1 is 1.24 bits per heavy atom. The summed E-state index contributed by atoms with van der Waals surface area (Å²) in [6.45, 7) is 6.01. The van der Waals surface area contributed by atoms with Crippen LogP contribution in [-0.2, 0) is 4.74 Å². The number of nitrogens with zero attached hydrogens (tertiary/aromatic N) is 3. The van der Waals surface area contributed by atoms with Gasteiger partial charge in [0.2, 0.25) is 0 Å². The minimum absolute atomic E-state index is 0.632. The lowest BCUT2D eigenvalue weighted by atomic mass is 10.1. The minimum Gasteiger partial charge on any atom is -0.382 e. The lowest BCUT2D eigenvalue weighted by molar-refractivity contribution is -0.0660. The zero-order valence-electron chi connectivity index (χ0n) is 9.88. The van der Waals surface area contributed by atoms with Gasteiger partial charge < -0.3 is 15.4 Å². The Labute approximate surface area is 101 Å². The summed E-state index contributed by atoms with van der Waals surface area (Å²) in [6, 6.07) is 4.63. The first-order valence-electron chi connectivity index (χ1n) is 6.12. The van der Waals surface area contributed by atoms with Gasteiger partial charge in [0.15, 0.2) is 0 Å². The molecule has 5 heteroatoms. The number of piperazine rings is 1. The Hall–Kier alpha value is -1.33. The fourth-order valence-electron chi connectivity index (χ4n) is 2.44. The van der Waals surface area contributed by atoms with E-state index in [0.29, 0.717) is 11.9 Å². The molecule has 2 N–H and O–H groups in total. The first-order chi connectivity index (χ1) is 8.34. The van der Waals surface area contributed by atoms with Crippen LogP contribution in [0.4, 0.5) is 11.5 Å². The van der Waals surface area contributed by atoms with Crippen LogP contribution in [0.2, 0.25) is 0 Å². The van der Waals surface area contributed by atoms with Crippen LogP contribution >= 0.6 is 0 Å². The summed E-state index contributed by atoms with van der Waals surface area (Å²) >= 11 is 0. The molecule has 1 aromatic rings. The van der Waals surface area contributed by atoms with Gasteiger partial charge in [-0.2, -0.15) is 0 Å². The standard InChI is InChI=1S/C12H18N4O/c13-12-11(2-1-3-14-12)16-6-4-15(5-7-16)10-8-17-9-10/h1-3,10H,4-9H2,(H2,13,14). The van der Waals surface area contributed by atoms with Crippen LogP contribution in [0.15, 0.2) is 18.3 Å². The van der Waals surface area contributed by atoms with Gasteiger partial charge >= 0.3 is 0 Å². The van der Waals surface area contributed by atoms with E-state index in [1.54, 1.807) is 6.20 Å². The topological polar surface area (TPSA) is 54.6 Å². The molecule has 0 spiro atoms. The summed E-state index contributed by atoms with van der Waals surface area (Å²) in [5, 5.41) is 0. The highest BCUT2D eigenvalue weighted by molar-refractivity contribution is 5.63. The normalized spacial score (nSPS) is 22.5. The molecule has 3 rings (SSSR count). The van der Waals surface area contributed by atoms with Crippen LogP contribution in [0, 0.1) is 0 Å². The SMILES string of the molecule is Nc1ncccc1N1CCN(C2COC2)CC1. The van der Waals surface area contributed by atoms with E-state index < -0.39 is 0 Å². The van der Waals surface area contributed by atoms with Crippen molar-refractivity contribution in [3.8, 4) is 0 Å². The highest BCUT2D eigenvalue weighted by Gasteiger charge is 2.29. The summed E-state index contributed by atoms with van der Waals surface area (Å²) in [5.41, 5.74) is 6.96. The molecule has 0 bridgehead atoms. The summed E-state index contributed by atoms with van der Waals surface area (Å²) < 4.78 is 5.23.